The van der Waals surface area contributed by atoms with Gasteiger partial charge in [0.1, 0.15) is 6.61 Å². The van der Waals surface area contributed by atoms with Crippen LogP contribution in [0.4, 0.5) is 4.79 Å². The maximum Gasteiger partial charge on any atom is 0.407 e. The molecule has 0 spiro atoms. The van der Waals surface area contributed by atoms with Crippen LogP contribution < -0.4 is 11.1 Å². The fourth-order valence-corrected chi connectivity index (χ4v) is 1.63. The molecule has 1 fully saturated rings. The molecule has 76 valence electrons. The van der Waals surface area contributed by atoms with Gasteiger partial charge >= 0.3 is 6.09 Å². The van der Waals surface area contributed by atoms with Crippen molar-refractivity contribution in [2.75, 3.05) is 13.2 Å². The summed E-state index contributed by atoms with van der Waals surface area (Å²) in [5.41, 5.74) is 5.74. The first-order chi connectivity index (χ1) is 6.16. The van der Waals surface area contributed by atoms with Crippen LogP contribution in [0, 0.1) is 0 Å². The van der Waals surface area contributed by atoms with Crippen LogP contribution in [0.25, 0.3) is 0 Å². The lowest BCUT2D eigenvalue weighted by atomic mass is 10.0. The molecule has 1 aliphatic rings. The summed E-state index contributed by atoms with van der Waals surface area (Å²) in [6, 6.07) is 0. The number of carbonyl (C=O) groups is 1. The first-order valence-corrected chi connectivity index (χ1v) is 4.86. The molecule has 1 rings (SSSR count). The smallest absolute Gasteiger partial charge is 0.407 e. The Labute approximate surface area is 78.8 Å². The second-order valence-corrected chi connectivity index (χ2v) is 3.68. The van der Waals surface area contributed by atoms with Gasteiger partial charge in [0, 0.05) is 6.54 Å². The van der Waals surface area contributed by atoms with Crippen molar-refractivity contribution in [1.29, 1.82) is 0 Å². The zero-order valence-corrected chi connectivity index (χ0v) is 8.14. The summed E-state index contributed by atoms with van der Waals surface area (Å²) >= 11 is 0. The summed E-state index contributed by atoms with van der Waals surface area (Å²) in [7, 11) is 0. The van der Waals surface area contributed by atoms with Crippen LogP contribution in [0.1, 0.15) is 32.6 Å². The van der Waals surface area contributed by atoms with Crippen LogP contribution >= 0.6 is 0 Å². The van der Waals surface area contributed by atoms with Crippen LogP contribution in [0.3, 0.4) is 0 Å². The van der Waals surface area contributed by atoms with Gasteiger partial charge in [-0.15, -0.1) is 0 Å². The van der Waals surface area contributed by atoms with Gasteiger partial charge in [0.05, 0.1) is 5.54 Å². The molecule has 0 unspecified atom stereocenters. The standard InChI is InChI=1S/C9H18N2O2/c1-2-11-8(12)13-7-9(10)5-3-4-6-9/h2-7,10H2,1H3,(H,11,12). The third-order valence-corrected chi connectivity index (χ3v) is 2.41. The van der Waals surface area contributed by atoms with Crippen LogP contribution in [-0.2, 0) is 4.74 Å². The number of amides is 1. The van der Waals surface area contributed by atoms with E-state index in [2.05, 4.69) is 5.32 Å². The maximum atomic E-state index is 11.0. The number of rotatable bonds is 3. The highest BCUT2D eigenvalue weighted by Gasteiger charge is 2.30. The molecule has 4 nitrogen and oxygen atoms in total. The first-order valence-electron chi connectivity index (χ1n) is 4.86. The quantitative estimate of drug-likeness (QED) is 0.691. The summed E-state index contributed by atoms with van der Waals surface area (Å²) in [4.78, 5) is 11.0. The van der Waals surface area contributed by atoms with Crippen molar-refractivity contribution in [1.82, 2.24) is 5.32 Å². The maximum absolute atomic E-state index is 11.0. The number of carbonyl (C=O) groups excluding carboxylic acids is 1. The minimum Gasteiger partial charge on any atom is -0.448 e. The van der Waals surface area contributed by atoms with Gasteiger partial charge in [-0.3, -0.25) is 0 Å². The summed E-state index contributed by atoms with van der Waals surface area (Å²) in [5.74, 6) is 0. The molecule has 1 aliphatic carbocycles. The fraction of sp³-hybridized carbons (Fsp3) is 0.889. The molecule has 0 aliphatic heterocycles. The van der Waals surface area contributed by atoms with Gasteiger partial charge in [0.25, 0.3) is 0 Å². The number of ether oxygens (including phenoxy) is 1. The third-order valence-electron chi connectivity index (χ3n) is 2.41. The molecule has 4 heteroatoms. The lowest BCUT2D eigenvalue weighted by Gasteiger charge is -2.22. The minimum absolute atomic E-state index is 0.259. The van der Waals surface area contributed by atoms with Crippen molar-refractivity contribution in [3.8, 4) is 0 Å². The predicted molar refractivity (Wildman–Crippen MR) is 50.4 cm³/mol. The average molecular weight is 186 g/mol. The number of hydrogen-bond donors (Lipinski definition) is 2. The second kappa shape index (κ2) is 4.46. The van der Waals surface area contributed by atoms with E-state index in [9.17, 15) is 4.79 Å². The summed E-state index contributed by atoms with van der Waals surface area (Å²) in [5, 5.41) is 2.57. The lowest BCUT2D eigenvalue weighted by molar-refractivity contribution is 0.118. The van der Waals surface area contributed by atoms with Crippen molar-refractivity contribution in [2.45, 2.75) is 38.1 Å². The normalized spacial score (nSPS) is 19.8. The van der Waals surface area contributed by atoms with Gasteiger partial charge in [-0.1, -0.05) is 12.8 Å². The van der Waals surface area contributed by atoms with Crippen LogP contribution in [-0.4, -0.2) is 24.8 Å². The number of hydrogen-bond acceptors (Lipinski definition) is 3. The molecule has 0 aromatic carbocycles. The minimum atomic E-state index is -0.362. The van der Waals surface area contributed by atoms with Crippen molar-refractivity contribution in [3.05, 3.63) is 0 Å². The van der Waals surface area contributed by atoms with Crippen LogP contribution in [0.2, 0.25) is 0 Å². The van der Waals surface area contributed by atoms with E-state index in [0.29, 0.717) is 13.2 Å². The Morgan fingerprint density at radius 1 is 1.54 bits per heavy atom. The highest BCUT2D eigenvalue weighted by molar-refractivity contribution is 5.67. The van der Waals surface area contributed by atoms with Gasteiger partial charge in [0.15, 0.2) is 0 Å². The van der Waals surface area contributed by atoms with Gasteiger partial charge in [-0.25, -0.2) is 4.79 Å². The van der Waals surface area contributed by atoms with E-state index in [1.54, 1.807) is 0 Å². The van der Waals surface area contributed by atoms with E-state index in [-0.39, 0.29) is 11.6 Å². The van der Waals surface area contributed by atoms with Crippen molar-refractivity contribution in [3.63, 3.8) is 0 Å². The summed E-state index contributed by atoms with van der Waals surface area (Å²) in [6.45, 7) is 2.80. The van der Waals surface area contributed by atoms with E-state index >= 15 is 0 Å². The molecule has 0 aromatic heterocycles. The molecular weight excluding hydrogens is 168 g/mol. The van der Waals surface area contributed by atoms with Gasteiger partial charge in [0.2, 0.25) is 0 Å². The third kappa shape index (κ3) is 3.22. The lowest BCUT2D eigenvalue weighted by Crippen LogP contribution is -2.43. The Balaban J connectivity index is 2.21. The molecule has 13 heavy (non-hydrogen) atoms. The molecule has 0 radical (unpaired) electrons. The van der Waals surface area contributed by atoms with Gasteiger partial charge in [-0.05, 0) is 19.8 Å². The van der Waals surface area contributed by atoms with E-state index in [1.807, 2.05) is 6.92 Å². The first kappa shape index (κ1) is 10.3. The van der Waals surface area contributed by atoms with Crippen LogP contribution in [0.15, 0.2) is 0 Å². The molecule has 3 N–H and O–H groups in total. The highest BCUT2D eigenvalue weighted by Crippen LogP contribution is 2.27. The molecule has 1 saturated carbocycles. The largest absolute Gasteiger partial charge is 0.448 e. The Kier molecular flexibility index (Phi) is 3.54. The van der Waals surface area contributed by atoms with Crippen molar-refractivity contribution < 1.29 is 9.53 Å². The van der Waals surface area contributed by atoms with Crippen molar-refractivity contribution >= 4 is 6.09 Å². The summed E-state index contributed by atoms with van der Waals surface area (Å²) in [6.07, 6.45) is 3.86. The molecule has 0 atom stereocenters. The van der Waals surface area contributed by atoms with Crippen molar-refractivity contribution in [2.24, 2.45) is 5.73 Å². The highest BCUT2D eigenvalue weighted by atomic mass is 16.5. The number of nitrogens with one attached hydrogen (secondary N) is 1. The van der Waals surface area contributed by atoms with E-state index < -0.39 is 0 Å². The second-order valence-electron chi connectivity index (χ2n) is 3.68. The molecule has 0 bridgehead atoms. The zero-order valence-electron chi connectivity index (χ0n) is 8.14. The van der Waals surface area contributed by atoms with Gasteiger partial charge in [-0.2, -0.15) is 0 Å². The molecule has 0 heterocycles. The molecule has 0 aromatic rings. The monoisotopic (exact) mass is 186 g/mol. The molecular formula is C9H18N2O2. The average Bonchev–Trinajstić information content (AvgIpc) is 2.51. The Hall–Kier alpha value is -0.770. The zero-order chi connectivity index (χ0) is 9.73. The number of alkyl carbamates (subject to hydrolysis) is 1. The topological polar surface area (TPSA) is 64.3 Å². The van der Waals surface area contributed by atoms with Gasteiger partial charge < -0.3 is 15.8 Å². The fourth-order valence-electron chi connectivity index (χ4n) is 1.63. The van der Waals surface area contributed by atoms with E-state index in [1.165, 1.54) is 0 Å². The summed E-state index contributed by atoms with van der Waals surface area (Å²) < 4.78 is 4.99. The number of nitrogens with two attached hydrogens (primary N) is 1. The van der Waals surface area contributed by atoms with Crippen LogP contribution in [0.5, 0.6) is 0 Å². The molecule has 0 saturated heterocycles. The predicted octanol–water partition coefficient (Wildman–Crippen LogP) is 1.00. The van der Waals surface area contributed by atoms with E-state index in [4.69, 9.17) is 10.5 Å². The Bertz CT molecular complexity index is 176. The Morgan fingerprint density at radius 3 is 2.69 bits per heavy atom. The van der Waals surface area contributed by atoms with E-state index in [0.717, 1.165) is 25.7 Å². The SMILES string of the molecule is CCNC(=O)OCC1(N)CCCC1. The Morgan fingerprint density at radius 2 is 2.15 bits per heavy atom. The molecule has 1 amide bonds.